The average Bonchev–Trinajstić information content (AvgIpc) is 1.91. The van der Waals surface area contributed by atoms with Gasteiger partial charge in [0, 0.05) is 0 Å². The van der Waals surface area contributed by atoms with E-state index in [1.807, 2.05) is 0 Å². The largest absolute Gasteiger partial charge is 0.381 e. The molecular weight excluding hydrogens is 92.1 g/mol. The van der Waals surface area contributed by atoms with Gasteiger partial charge in [-0.15, -0.1) is 0 Å². The predicted octanol–water partition coefficient (Wildman–Crippen LogP) is -1.33. The zero-order chi connectivity index (χ0) is 5.28. The monoisotopic (exact) mass is 98.1 g/mol. The molecule has 0 aromatic carbocycles. The Hall–Kier alpha value is -1.06. The second-order valence-electron chi connectivity index (χ2n) is 1.23. The Kier molecular flexibility index (Phi) is 0.714. The van der Waals surface area contributed by atoms with Crippen LogP contribution >= 0.6 is 0 Å². The van der Waals surface area contributed by atoms with Gasteiger partial charge in [-0.25, -0.2) is 9.98 Å². The molecule has 0 aliphatic carbocycles. The maximum Gasteiger partial charge on any atom is 0.163 e. The smallest absolute Gasteiger partial charge is 0.163 e. The summed E-state index contributed by atoms with van der Waals surface area (Å²) in [7, 11) is 0. The van der Waals surface area contributed by atoms with Crippen molar-refractivity contribution in [2.75, 3.05) is 6.67 Å². The van der Waals surface area contributed by atoms with E-state index >= 15 is 0 Å². The van der Waals surface area contributed by atoms with Crippen LogP contribution in [-0.2, 0) is 0 Å². The minimum Gasteiger partial charge on any atom is -0.381 e. The van der Waals surface area contributed by atoms with Crippen molar-refractivity contribution in [1.29, 1.82) is 0 Å². The minimum atomic E-state index is 0.361. The standard InChI is InChI=1S/C3H6N4/c4-2-3(5)7-1-6-2/h1H2,(H2,4,6)(H2,5,7). The quantitative estimate of drug-likeness (QED) is 0.394. The second-order valence-corrected chi connectivity index (χ2v) is 1.23. The number of rotatable bonds is 0. The molecule has 0 saturated heterocycles. The van der Waals surface area contributed by atoms with Gasteiger partial charge < -0.3 is 11.5 Å². The lowest BCUT2D eigenvalue weighted by atomic mass is 10.6. The van der Waals surface area contributed by atoms with Crippen LogP contribution in [0, 0.1) is 0 Å². The summed E-state index contributed by atoms with van der Waals surface area (Å²) in [5.74, 6) is 0.722. The van der Waals surface area contributed by atoms with E-state index in [4.69, 9.17) is 11.5 Å². The number of hydrogen-bond acceptors (Lipinski definition) is 4. The maximum atomic E-state index is 5.17. The summed E-state index contributed by atoms with van der Waals surface area (Å²) in [6.45, 7) is 0.400. The molecule has 0 aromatic heterocycles. The van der Waals surface area contributed by atoms with Gasteiger partial charge in [-0.3, -0.25) is 0 Å². The summed E-state index contributed by atoms with van der Waals surface area (Å²) in [5.41, 5.74) is 10.3. The Morgan fingerprint density at radius 3 is 1.71 bits per heavy atom. The third-order valence-corrected chi connectivity index (χ3v) is 0.745. The van der Waals surface area contributed by atoms with Crippen LogP contribution in [0.25, 0.3) is 0 Å². The first-order valence-corrected chi connectivity index (χ1v) is 1.91. The normalized spacial score (nSPS) is 18.9. The van der Waals surface area contributed by atoms with Crippen LogP contribution in [0.1, 0.15) is 0 Å². The van der Waals surface area contributed by atoms with E-state index in [2.05, 4.69) is 9.98 Å². The van der Waals surface area contributed by atoms with Gasteiger partial charge in [0.25, 0.3) is 0 Å². The maximum absolute atomic E-state index is 5.17. The third kappa shape index (κ3) is 0.534. The Balaban J connectivity index is 2.78. The molecule has 4 heteroatoms. The van der Waals surface area contributed by atoms with Crippen molar-refractivity contribution in [2.24, 2.45) is 21.5 Å². The number of amidine groups is 2. The summed E-state index contributed by atoms with van der Waals surface area (Å²) in [6.07, 6.45) is 0. The second kappa shape index (κ2) is 1.22. The molecule has 0 amide bonds. The molecule has 0 radical (unpaired) electrons. The lowest BCUT2D eigenvalue weighted by molar-refractivity contribution is 1.10. The van der Waals surface area contributed by atoms with Crippen molar-refractivity contribution < 1.29 is 0 Å². The van der Waals surface area contributed by atoms with E-state index < -0.39 is 0 Å². The van der Waals surface area contributed by atoms with E-state index in [0.717, 1.165) is 0 Å². The van der Waals surface area contributed by atoms with Crippen molar-refractivity contribution in [3.63, 3.8) is 0 Å². The van der Waals surface area contributed by atoms with Crippen LogP contribution in [-0.4, -0.2) is 18.3 Å². The van der Waals surface area contributed by atoms with Gasteiger partial charge in [0.05, 0.1) is 0 Å². The van der Waals surface area contributed by atoms with Gasteiger partial charge in [-0.05, 0) is 0 Å². The molecule has 4 nitrogen and oxygen atoms in total. The Morgan fingerprint density at radius 1 is 1.14 bits per heavy atom. The van der Waals surface area contributed by atoms with E-state index in [1.54, 1.807) is 0 Å². The summed E-state index contributed by atoms with van der Waals surface area (Å²) >= 11 is 0. The molecule has 0 unspecified atom stereocenters. The van der Waals surface area contributed by atoms with Gasteiger partial charge in [0.15, 0.2) is 11.7 Å². The predicted molar refractivity (Wildman–Crippen MR) is 28.1 cm³/mol. The van der Waals surface area contributed by atoms with E-state index in [1.165, 1.54) is 0 Å². The molecule has 7 heavy (non-hydrogen) atoms. The first kappa shape index (κ1) is 4.11. The molecule has 38 valence electrons. The molecule has 4 N–H and O–H groups in total. The molecule has 0 spiro atoms. The molecule has 1 aliphatic heterocycles. The SMILES string of the molecule is NC1=NCN=C1N. The highest BCUT2D eigenvalue weighted by Gasteiger charge is 2.01. The number of nitrogens with two attached hydrogens (primary N) is 2. The van der Waals surface area contributed by atoms with Crippen LogP contribution in [0.4, 0.5) is 0 Å². The van der Waals surface area contributed by atoms with Crippen molar-refractivity contribution in [2.45, 2.75) is 0 Å². The molecule has 1 heterocycles. The highest BCUT2D eigenvalue weighted by atomic mass is 15.1. The molecule has 1 aliphatic rings. The molecule has 0 saturated carbocycles. The fourth-order valence-electron chi connectivity index (χ4n) is 0.350. The summed E-state index contributed by atoms with van der Waals surface area (Å²) in [4.78, 5) is 7.37. The van der Waals surface area contributed by atoms with E-state index in [9.17, 15) is 0 Å². The van der Waals surface area contributed by atoms with Crippen LogP contribution in [0.3, 0.4) is 0 Å². The molecule has 0 atom stereocenters. The summed E-state index contributed by atoms with van der Waals surface area (Å²) in [5, 5.41) is 0. The van der Waals surface area contributed by atoms with Crippen LogP contribution in [0.2, 0.25) is 0 Å². The van der Waals surface area contributed by atoms with Gasteiger partial charge in [0.2, 0.25) is 0 Å². The number of nitrogens with zero attached hydrogens (tertiary/aromatic N) is 2. The van der Waals surface area contributed by atoms with Gasteiger partial charge in [-0.1, -0.05) is 0 Å². The first-order chi connectivity index (χ1) is 3.30. The van der Waals surface area contributed by atoms with Gasteiger partial charge in [-0.2, -0.15) is 0 Å². The lowest BCUT2D eigenvalue weighted by Crippen LogP contribution is -2.28. The van der Waals surface area contributed by atoms with Crippen LogP contribution < -0.4 is 11.5 Å². The van der Waals surface area contributed by atoms with Crippen molar-refractivity contribution in [3.05, 3.63) is 0 Å². The molecule has 0 bridgehead atoms. The topological polar surface area (TPSA) is 76.8 Å². The number of hydrogen-bond donors (Lipinski definition) is 2. The van der Waals surface area contributed by atoms with Crippen molar-refractivity contribution in [1.82, 2.24) is 0 Å². The van der Waals surface area contributed by atoms with Crippen molar-refractivity contribution in [3.8, 4) is 0 Å². The Labute approximate surface area is 40.9 Å². The minimum absolute atomic E-state index is 0.361. The zero-order valence-corrected chi connectivity index (χ0v) is 3.76. The zero-order valence-electron chi connectivity index (χ0n) is 3.76. The van der Waals surface area contributed by atoms with Crippen molar-refractivity contribution >= 4 is 11.7 Å². The molecule has 0 aromatic rings. The van der Waals surface area contributed by atoms with Gasteiger partial charge >= 0.3 is 0 Å². The highest BCUT2D eigenvalue weighted by molar-refractivity contribution is 6.40. The molecule has 1 rings (SSSR count). The molecular formula is C3H6N4. The Bertz CT molecular complexity index is 118. The average molecular weight is 98.1 g/mol. The lowest BCUT2D eigenvalue weighted by Gasteiger charge is -1.84. The summed E-state index contributed by atoms with van der Waals surface area (Å²) in [6, 6.07) is 0. The highest BCUT2D eigenvalue weighted by Crippen LogP contribution is 1.83. The fraction of sp³-hybridized carbons (Fsp3) is 0.333. The van der Waals surface area contributed by atoms with E-state index in [-0.39, 0.29) is 0 Å². The molecule has 0 fully saturated rings. The Morgan fingerprint density at radius 2 is 1.57 bits per heavy atom. The first-order valence-electron chi connectivity index (χ1n) is 1.91. The summed E-state index contributed by atoms with van der Waals surface area (Å²) < 4.78 is 0. The van der Waals surface area contributed by atoms with Crippen LogP contribution in [0.5, 0.6) is 0 Å². The fourth-order valence-corrected chi connectivity index (χ4v) is 0.350. The van der Waals surface area contributed by atoms with E-state index in [0.29, 0.717) is 18.3 Å². The number of aliphatic imine (C=N–C) groups is 2. The van der Waals surface area contributed by atoms with Gasteiger partial charge in [0.1, 0.15) is 6.67 Å². The van der Waals surface area contributed by atoms with Crippen LogP contribution in [0.15, 0.2) is 9.98 Å². The third-order valence-electron chi connectivity index (χ3n) is 0.745.